The molecule has 1 aromatic rings. The molecule has 0 unspecified atom stereocenters. The Morgan fingerprint density at radius 2 is 2.12 bits per heavy atom. The summed E-state index contributed by atoms with van der Waals surface area (Å²) in [5.41, 5.74) is 0. The summed E-state index contributed by atoms with van der Waals surface area (Å²) < 4.78 is 0. The number of nitrogens with one attached hydrogen (secondary N) is 1. The maximum atomic E-state index is 4.27. The quantitative estimate of drug-likeness (QED) is 0.774. The van der Waals surface area contributed by atoms with Crippen molar-refractivity contribution in [1.29, 1.82) is 0 Å². The van der Waals surface area contributed by atoms with Gasteiger partial charge in [-0.2, -0.15) is 0 Å². The molecule has 0 radical (unpaired) electrons. The van der Waals surface area contributed by atoms with Crippen molar-refractivity contribution in [2.45, 2.75) is 52.1 Å². The van der Waals surface area contributed by atoms with Crippen LogP contribution in [0.2, 0.25) is 0 Å². The summed E-state index contributed by atoms with van der Waals surface area (Å²) >= 11 is 1.70. The third kappa shape index (κ3) is 3.92. The molecule has 0 bridgehead atoms. The normalized spacial score (nSPS) is 15.5. The monoisotopic (exact) mass is 254 g/mol. The highest BCUT2D eigenvalue weighted by atomic mass is 32.1. The van der Waals surface area contributed by atoms with Gasteiger partial charge < -0.3 is 5.32 Å². The Kier molecular flexibility index (Phi) is 4.74. The molecule has 1 heterocycles. The fourth-order valence-electron chi connectivity index (χ4n) is 1.91. The second-order valence-electron chi connectivity index (χ2n) is 4.63. The Balaban J connectivity index is 1.85. The van der Waals surface area contributed by atoms with E-state index >= 15 is 0 Å². The molecule has 96 valence electrons. The van der Waals surface area contributed by atoms with Gasteiger partial charge in [-0.3, -0.25) is 4.90 Å². The first kappa shape index (κ1) is 12.8. The molecule has 5 heteroatoms. The van der Waals surface area contributed by atoms with Gasteiger partial charge in [0.2, 0.25) is 5.13 Å². The van der Waals surface area contributed by atoms with Crippen molar-refractivity contribution in [2.24, 2.45) is 0 Å². The Morgan fingerprint density at radius 1 is 1.29 bits per heavy atom. The van der Waals surface area contributed by atoms with Crippen LogP contribution in [0.25, 0.3) is 0 Å². The minimum absolute atomic E-state index is 0.811. The minimum Gasteiger partial charge on any atom is -0.360 e. The van der Waals surface area contributed by atoms with Crippen LogP contribution in [-0.4, -0.2) is 34.2 Å². The number of rotatable bonds is 8. The maximum absolute atomic E-state index is 4.27. The van der Waals surface area contributed by atoms with Crippen LogP contribution in [-0.2, 0) is 6.54 Å². The standard InChI is InChI=1S/C12H22N4S/c1-3-7-13-12-15-14-11(17-12)9-16(8-4-2)10-5-6-10/h10H,3-9H2,1-2H3,(H,13,15). The van der Waals surface area contributed by atoms with Crippen molar-refractivity contribution < 1.29 is 0 Å². The fourth-order valence-corrected chi connectivity index (χ4v) is 2.70. The summed E-state index contributed by atoms with van der Waals surface area (Å²) in [4.78, 5) is 2.55. The van der Waals surface area contributed by atoms with Crippen LogP contribution in [0, 0.1) is 0 Å². The maximum Gasteiger partial charge on any atom is 0.205 e. The van der Waals surface area contributed by atoms with Gasteiger partial charge in [0.25, 0.3) is 0 Å². The zero-order valence-electron chi connectivity index (χ0n) is 10.8. The molecule has 1 aliphatic carbocycles. The number of hydrogen-bond acceptors (Lipinski definition) is 5. The molecule has 4 nitrogen and oxygen atoms in total. The van der Waals surface area contributed by atoms with Gasteiger partial charge in [0, 0.05) is 12.6 Å². The molecule has 2 rings (SSSR count). The lowest BCUT2D eigenvalue weighted by atomic mass is 10.4. The second kappa shape index (κ2) is 6.31. The Morgan fingerprint density at radius 3 is 2.76 bits per heavy atom. The topological polar surface area (TPSA) is 41.1 Å². The Labute approximate surface area is 107 Å². The van der Waals surface area contributed by atoms with E-state index in [0.29, 0.717) is 0 Å². The van der Waals surface area contributed by atoms with Crippen LogP contribution >= 0.6 is 11.3 Å². The third-order valence-electron chi connectivity index (χ3n) is 2.91. The van der Waals surface area contributed by atoms with Gasteiger partial charge in [0.1, 0.15) is 5.01 Å². The predicted molar refractivity (Wildman–Crippen MR) is 72.4 cm³/mol. The molecule has 1 aliphatic rings. The first-order valence-corrected chi connectivity index (χ1v) is 7.45. The van der Waals surface area contributed by atoms with E-state index in [9.17, 15) is 0 Å². The van der Waals surface area contributed by atoms with Crippen molar-refractivity contribution in [1.82, 2.24) is 15.1 Å². The van der Waals surface area contributed by atoms with Crippen LogP contribution in [0.3, 0.4) is 0 Å². The number of aromatic nitrogens is 2. The summed E-state index contributed by atoms with van der Waals surface area (Å²) in [5, 5.41) is 13.8. The summed E-state index contributed by atoms with van der Waals surface area (Å²) in [6.45, 7) is 7.54. The van der Waals surface area contributed by atoms with Gasteiger partial charge in [-0.1, -0.05) is 25.2 Å². The zero-order chi connectivity index (χ0) is 12.1. The lowest BCUT2D eigenvalue weighted by Crippen LogP contribution is -2.26. The molecule has 0 spiro atoms. The molecule has 1 N–H and O–H groups in total. The average Bonchev–Trinajstić information content (AvgIpc) is 3.08. The predicted octanol–water partition coefficient (Wildman–Crippen LogP) is 2.73. The second-order valence-corrected chi connectivity index (χ2v) is 5.69. The molecular formula is C12H22N4S. The van der Waals surface area contributed by atoms with Crippen molar-refractivity contribution in [2.75, 3.05) is 18.4 Å². The van der Waals surface area contributed by atoms with Crippen molar-refractivity contribution >= 4 is 16.5 Å². The van der Waals surface area contributed by atoms with E-state index in [1.54, 1.807) is 11.3 Å². The van der Waals surface area contributed by atoms with Gasteiger partial charge in [-0.05, 0) is 32.2 Å². The minimum atomic E-state index is 0.811. The highest BCUT2D eigenvalue weighted by molar-refractivity contribution is 7.15. The highest BCUT2D eigenvalue weighted by Crippen LogP contribution is 2.29. The van der Waals surface area contributed by atoms with E-state index in [1.165, 1.54) is 25.8 Å². The average molecular weight is 254 g/mol. The molecule has 1 fully saturated rings. The largest absolute Gasteiger partial charge is 0.360 e. The number of anilines is 1. The van der Waals surface area contributed by atoms with Gasteiger partial charge in [-0.25, -0.2) is 0 Å². The molecule has 0 aliphatic heterocycles. The summed E-state index contributed by atoms with van der Waals surface area (Å²) in [7, 11) is 0. The van der Waals surface area contributed by atoms with E-state index in [2.05, 4.69) is 34.3 Å². The van der Waals surface area contributed by atoms with Crippen molar-refractivity contribution in [3.8, 4) is 0 Å². The van der Waals surface area contributed by atoms with Gasteiger partial charge in [-0.15, -0.1) is 10.2 Å². The van der Waals surface area contributed by atoms with E-state index in [1.807, 2.05) is 0 Å². The van der Waals surface area contributed by atoms with E-state index in [0.717, 1.165) is 35.7 Å². The first-order valence-electron chi connectivity index (χ1n) is 6.63. The van der Waals surface area contributed by atoms with Crippen LogP contribution in [0.4, 0.5) is 5.13 Å². The van der Waals surface area contributed by atoms with E-state index in [-0.39, 0.29) is 0 Å². The zero-order valence-corrected chi connectivity index (χ0v) is 11.6. The van der Waals surface area contributed by atoms with E-state index < -0.39 is 0 Å². The summed E-state index contributed by atoms with van der Waals surface area (Å²) in [6.07, 6.45) is 5.06. The third-order valence-corrected chi connectivity index (χ3v) is 3.77. The lowest BCUT2D eigenvalue weighted by Gasteiger charge is -2.19. The summed E-state index contributed by atoms with van der Waals surface area (Å²) in [6, 6.07) is 0.811. The molecule has 1 saturated carbocycles. The van der Waals surface area contributed by atoms with Gasteiger partial charge in [0.05, 0.1) is 6.54 Å². The number of nitrogens with zero attached hydrogens (tertiary/aromatic N) is 3. The fraction of sp³-hybridized carbons (Fsp3) is 0.833. The van der Waals surface area contributed by atoms with Crippen LogP contribution < -0.4 is 5.32 Å². The molecule has 0 aromatic carbocycles. The van der Waals surface area contributed by atoms with E-state index in [4.69, 9.17) is 0 Å². The van der Waals surface area contributed by atoms with Gasteiger partial charge in [0.15, 0.2) is 0 Å². The van der Waals surface area contributed by atoms with Gasteiger partial charge >= 0.3 is 0 Å². The lowest BCUT2D eigenvalue weighted by molar-refractivity contribution is 0.254. The Bertz CT molecular complexity index is 335. The van der Waals surface area contributed by atoms with Crippen molar-refractivity contribution in [3.63, 3.8) is 0 Å². The molecular weight excluding hydrogens is 232 g/mol. The summed E-state index contributed by atoms with van der Waals surface area (Å²) in [5.74, 6) is 0. The van der Waals surface area contributed by atoms with Crippen LogP contribution in [0.5, 0.6) is 0 Å². The van der Waals surface area contributed by atoms with Crippen LogP contribution in [0.1, 0.15) is 44.5 Å². The Hall–Kier alpha value is -0.680. The smallest absolute Gasteiger partial charge is 0.205 e. The molecule has 0 atom stereocenters. The van der Waals surface area contributed by atoms with Crippen LogP contribution in [0.15, 0.2) is 0 Å². The first-order chi connectivity index (χ1) is 8.33. The highest BCUT2D eigenvalue weighted by Gasteiger charge is 2.28. The number of hydrogen-bond donors (Lipinski definition) is 1. The molecule has 0 saturated heterocycles. The molecule has 1 aromatic heterocycles. The SMILES string of the molecule is CCCNc1nnc(CN(CCC)C2CC2)s1. The van der Waals surface area contributed by atoms with Crippen molar-refractivity contribution in [3.05, 3.63) is 5.01 Å². The molecule has 0 amide bonds. The molecule has 17 heavy (non-hydrogen) atoms.